The highest BCUT2D eigenvalue weighted by molar-refractivity contribution is 4.94. The zero-order chi connectivity index (χ0) is 25.8. The third-order valence-corrected chi connectivity index (χ3v) is 6.74. The Balaban J connectivity index is 1.74. The first-order chi connectivity index (χ1) is 16.8. The number of aliphatic hydroxyl groups excluding tert-OH is 7. The lowest BCUT2D eigenvalue weighted by atomic mass is 9.97. The fraction of sp³-hybridized carbons (Fsp3) is 1.00. The number of hydrogen-bond donors (Lipinski definition) is 7. The Kier molecular flexibility index (Phi) is 14.4. The van der Waals surface area contributed by atoms with Gasteiger partial charge in [0, 0.05) is 6.61 Å². The molecule has 2 fully saturated rings. The largest absolute Gasteiger partial charge is 0.394 e. The molecule has 0 aromatic heterocycles. The van der Waals surface area contributed by atoms with Crippen molar-refractivity contribution in [3.63, 3.8) is 0 Å². The number of hydrogen-bond acceptors (Lipinski definition) is 11. The van der Waals surface area contributed by atoms with E-state index in [2.05, 4.69) is 6.92 Å². The van der Waals surface area contributed by atoms with Gasteiger partial charge in [0.2, 0.25) is 0 Å². The molecule has 2 aliphatic rings. The van der Waals surface area contributed by atoms with E-state index >= 15 is 0 Å². The molecule has 208 valence electrons. The molecule has 11 nitrogen and oxygen atoms in total. The van der Waals surface area contributed by atoms with E-state index in [0.29, 0.717) is 6.61 Å². The topological polar surface area (TPSA) is 179 Å². The molecule has 2 heterocycles. The van der Waals surface area contributed by atoms with Gasteiger partial charge >= 0.3 is 0 Å². The van der Waals surface area contributed by atoms with Crippen LogP contribution in [0.2, 0.25) is 0 Å². The van der Waals surface area contributed by atoms with E-state index in [4.69, 9.17) is 18.9 Å². The van der Waals surface area contributed by atoms with Crippen LogP contribution in [0.25, 0.3) is 0 Å². The zero-order valence-corrected chi connectivity index (χ0v) is 20.7. The Morgan fingerprint density at radius 3 is 1.77 bits per heavy atom. The van der Waals surface area contributed by atoms with Gasteiger partial charge in [0.05, 0.1) is 13.2 Å². The highest BCUT2D eigenvalue weighted by Crippen LogP contribution is 2.29. The Morgan fingerprint density at radius 2 is 1.17 bits per heavy atom. The number of rotatable bonds is 16. The molecule has 2 aliphatic heterocycles. The van der Waals surface area contributed by atoms with E-state index in [-0.39, 0.29) is 0 Å². The Labute approximate surface area is 207 Å². The molecule has 0 saturated carbocycles. The quantitative estimate of drug-likeness (QED) is 0.133. The predicted octanol–water partition coefficient (Wildman–Crippen LogP) is -0.452. The van der Waals surface area contributed by atoms with Gasteiger partial charge in [0.25, 0.3) is 0 Å². The normalized spacial score (nSPS) is 38.1. The van der Waals surface area contributed by atoms with Crippen molar-refractivity contribution >= 4 is 0 Å². The predicted molar refractivity (Wildman–Crippen MR) is 124 cm³/mol. The summed E-state index contributed by atoms with van der Waals surface area (Å²) < 4.78 is 22.0. The number of unbranched alkanes of at least 4 members (excludes halogenated alkanes) is 9. The van der Waals surface area contributed by atoms with E-state index in [0.717, 1.165) is 19.3 Å². The van der Waals surface area contributed by atoms with E-state index in [1.54, 1.807) is 0 Å². The molecule has 0 aromatic rings. The van der Waals surface area contributed by atoms with Gasteiger partial charge in [-0.2, -0.15) is 0 Å². The van der Waals surface area contributed by atoms with Gasteiger partial charge in [-0.25, -0.2) is 0 Å². The maximum Gasteiger partial charge on any atom is 0.187 e. The van der Waals surface area contributed by atoms with Crippen LogP contribution in [0, 0.1) is 0 Å². The smallest absolute Gasteiger partial charge is 0.187 e. The van der Waals surface area contributed by atoms with Crippen molar-refractivity contribution in [2.45, 2.75) is 133 Å². The maximum atomic E-state index is 10.6. The maximum absolute atomic E-state index is 10.6. The lowest BCUT2D eigenvalue weighted by Crippen LogP contribution is -2.64. The number of aliphatic hydroxyl groups is 7. The highest BCUT2D eigenvalue weighted by Gasteiger charge is 2.50. The van der Waals surface area contributed by atoms with Gasteiger partial charge in [-0.05, 0) is 6.42 Å². The van der Waals surface area contributed by atoms with Gasteiger partial charge in [-0.3, -0.25) is 0 Å². The SMILES string of the molecule is CCCCCCCCCCC[14CH2]O[C@@H]1O[C@H](CO)[C@@H](O[C@H]2O[C@H](CO)[C@@H](O)[C@H](O)[C@H]2O)[C@H](O)[C@H]1O. The van der Waals surface area contributed by atoms with E-state index in [1.807, 2.05) is 0 Å². The lowest BCUT2D eigenvalue weighted by molar-refractivity contribution is -0.359. The van der Waals surface area contributed by atoms with Crippen molar-refractivity contribution in [2.24, 2.45) is 0 Å². The standard InChI is InChI=1S/C24H46O11/c1-2-3-4-5-6-7-8-9-10-11-12-32-23-21(31)19(29)22(16(14-26)34-23)35-24-20(30)18(28)17(27)15(13-25)33-24/h15-31H,2-14H2,1H3/t15-,16-,17-,18+,19-,20-,21-,22-,23-,24-/m1/s1/i12+2. The minimum Gasteiger partial charge on any atom is -0.394 e. The molecular weight excluding hydrogens is 466 g/mol. The summed E-state index contributed by atoms with van der Waals surface area (Å²) in [5, 5.41) is 70.1. The van der Waals surface area contributed by atoms with Crippen LogP contribution in [0.15, 0.2) is 0 Å². The minimum atomic E-state index is -1.69. The minimum absolute atomic E-state index is 0.321. The first kappa shape index (κ1) is 30.8. The lowest BCUT2D eigenvalue weighted by Gasteiger charge is -2.45. The third kappa shape index (κ3) is 9.11. The van der Waals surface area contributed by atoms with Crippen molar-refractivity contribution in [2.75, 3.05) is 19.8 Å². The van der Waals surface area contributed by atoms with Crippen LogP contribution in [0.4, 0.5) is 0 Å². The third-order valence-electron chi connectivity index (χ3n) is 6.74. The van der Waals surface area contributed by atoms with Crippen molar-refractivity contribution in [1.29, 1.82) is 0 Å². The fourth-order valence-electron chi connectivity index (χ4n) is 4.48. The molecule has 2 rings (SSSR count). The summed E-state index contributed by atoms with van der Waals surface area (Å²) in [7, 11) is 0. The molecule has 0 bridgehead atoms. The van der Waals surface area contributed by atoms with E-state index in [9.17, 15) is 35.7 Å². The summed E-state index contributed by atoms with van der Waals surface area (Å²) in [5.41, 5.74) is 0. The van der Waals surface area contributed by atoms with Crippen LogP contribution in [-0.2, 0) is 18.9 Å². The molecule has 0 radical (unpaired) electrons. The summed E-state index contributed by atoms with van der Waals surface area (Å²) in [6, 6.07) is 0. The van der Waals surface area contributed by atoms with Crippen LogP contribution < -0.4 is 0 Å². The van der Waals surface area contributed by atoms with Crippen molar-refractivity contribution in [3.8, 4) is 0 Å². The second-order valence-electron chi connectivity index (χ2n) is 9.56. The van der Waals surface area contributed by atoms with E-state index in [1.165, 1.54) is 44.9 Å². The van der Waals surface area contributed by atoms with Gasteiger partial charge in [0.1, 0.15) is 48.8 Å². The summed E-state index contributed by atoms with van der Waals surface area (Å²) in [5.74, 6) is 0. The molecule has 0 aromatic carbocycles. The molecule has 10 atom stereocenters. The molecule has 35 heavy (non-hydrogen) atoms. The van der Waals surface area contributed by atoms with Crippen molar-refractivity contribution < 1.29 is 54.7 Å². The summed E-state index contributed by atoms with van der Waals surface area (Å²) in [6.07, 6.45) is -2.63. The second kappa shape index (κ2) is 16.4. The Hall–Kier alpha value is -0.440. The van der Waals surface area contributed by atoms with Gasteiger partial charge in [0.15, 0.2) is 12.6 Å². The average Bonchev–Trinajstić information content (AvgIpc) is 2.86. The molecule has 2 saturated heterocycles. The molecule has 0 unspecified atom stereocenters. The summed E-state index contributed by atoms with van der Waals surface area (Å²) >= 11 is 0. The second-order valence-corrected chi connectivity index (χ2v) is 9.56. The molecule has 0 amide bonds. The Morgan fingerprint density at radius 1 is 0.629 bits per heavy atom. The average molecular weight is 513 g/mol. The van der Waals surface area contributed by atoms with Crippen LogP contribution in [0.1, 0.15) is 71.1 Å². The van der Waals surface area contributed by atoms with Crippen LogP contribution in [0.3, 0.4) is 0 Å². The van der Waals surface area contributed by atoms with Crippen LogP contribution >= 0.6 is 0 Å². The van der Waals surface area contributed by atoms with Crippen LogP contribution in [-0.4, -0.2) is 117 Å². The highest BCUT2D eigenvalue weighted by atomic mass is 16.8. The monoisotopic (exact) mass is 512 g/mol. The van der Waals surface area contributed by atoms with Gasteiger partial charge < -0.3 is 54.7 Å². The van der Waals surface area contributed by atoms with Crippen LogP contribution in [0.5, 0.6) is 0 Å². The molecule has 0 aliphatic carbocycles. The van der Waals surface area contributed by atoms with Gasteiger partial charge in [-0.1, -0.05) is 64.7 Å². The molecule has 7 N–H and O–H groups in total. The molecule has 11 heteroatoms. The fourth-order valence-corrected chi connectivity index (χ4v) is 4.48. The van der Waals surface area contributed by atoms with Gasteiger partial charge in [-0.15, -0.1) is 0 Å². The first-order valence-corrected chi connectivity index (χ1v) is 13.1. The molecule has 0 spiro atoms. The number of ether oxygens (including phenoxy) is 4. The van der Waals surface area contributed by atoms with Crippen molar-refractivity contribution in [1.82, 2.24) is 0 Å². The Bertz CT molecular complexity index is 550. The molecular formula is C24H46O11. The summed E-state index contributed by atoms with van der Waals surface area (Å²) in [4.78, 5) is 0. The first-order valence-electron chi connectivity index (χ1n) is 13.1. The summed E-state index contributed by atoms with van der Waals surface area (Å²) in [6.45, 7) is 1.31. The zero-order valence-electron chi connectivity index (χ0n) is 20.7. The van der Waals surface area contributed by atoms with Crippen molar-refractivity contribution in [3.05, 3.63) is 0 Å². The van der Waals surface area contributed by atoms with E-state index < -0.39 is 74.6 Å².